The van der Waals surface area contributed by atoms with Crippen molar-refractivity contribution in [3.63, 3.8) is 0 Å². The molecule has 0 aliphatic carbocycles. The number of aromatic nitrogens is 4. The van der Waals surface area contributed by atoms with Crippen molar-refractivity contribution >= 4 is 11.2 Å². The van der Waals surface area contributed by atoms with E-state index in [-0.39, 0.29) is 17.9 Å². The van der Waals surface area contributed by atoms with Crippen LogP contribution in [0.5, 0.6) is 0 Å². The quantitative estimate of drug-likeness (QED) is 0.784. The molecule has 6 nitrogen and oxygen atoms in total. The van der Waals surface area contributed by atoms with Gasteiger partial charge in [0.05, 0.1) is 12.9 Å². The van der Waals surface area contributed by atoms with E-state index in [1.165, 1.54) is 18.5 Å². The van der Waals surface area contributed by atoms with Gasteiger partial charge in [-0.25, -0.2) is 14.2 Å². The molecule has 3 aromatic rings. The third kappa shape index (κ3) is 2.26. The van der Waals surface area contributed by atoms with Gasteiger partial charge in [0.1, 0.15) is 11.5 Å². The average molecular weight is 288 g/mol. The zero-order valence-electron chi connectivity index (χ0n) is 11.3. The third-order valence-electron chi connectivity index (χ3n) is 3.34. The van der Waals surface area contributed by atoms with E-state index in [9.17, 15) is 14.0 Å². The highest BCUT2D eigenvalue weighted by Gasteiger charge is 2.11. The predicted octanol–water partition coefficient (Wildman–Crippen LogP) is 1.09. The molecule has 0 saturated heterocycles. The summed E-state index contributed by atoms with van der Waals surface area (Å²) in [6, 6.07) is 6.02. The van der Waals surface area contributed by atoms with Crippen LogP contribution in [0.4, 0.5) is 4.39 Å². The van der Waals surface area contributed by atoms with E-state index in [4.69, 9.17) is 0 Å². The lowest BCUT2D eigenvalue weighted by molar-refractivity contribution is 0.626. The Bertz CT molecular complexity index is 905. The summed E-state index contributed by atoms with van der Waals surface area (Å²) in [6.07, 6.45) is 1.49. The van der Waals surface area contributed by atoms with Crippen molar-refractivity contribution in [1.82, 2.24) is 19.1 Å². The number of nitrogens with zero attached hydrogens (tertiary/aromatic N) is 3. The largest absolute Gasteiger partial charge is 0.330 e. The van der Waals surface area contributed by atoms with Gasteiger partial charge in [0.15, 0.2) is 5.52 Å². The number of hydrogen-bond acceptors (Lipinski definition) is 3. The second kappa shape index (κ2) is 5.01. The Morgan fingerprint density at radius 1 is 1.24 bits per heavy atom. The standard InChI is InChI=1S/C14H13FN4O2/c1-2-19-13(20)11-12(17-14(19)21)18(8-16-11)7-9-3-5-10(15)6-4-9/h3-6,8H,2,7H2,1H3,(H,17,21). The predicted molar refractivity (Wildman–Crippen MR) is 75.8 cm³/mol. The summed E-state index contributed by atoms with van der Waals surface area (Å²) in [5.74, 6) is -0.312. The van der Waals surface area contributed by atoms with Crippen molar-refractivity contribution in [3.8, 4) is 0 Å². The second-order valence-electron chi connectivity index (χ2n) is 4.68. The molecule has 1 aromatic carbocycles. The lowest BCUT2D eigenvalue weighted by Crippen LogP contribution is -2.34. The van der Waals surface area contributed by atoms with E-state index in [1.54, 1.807) is 23.6 Å². The minimum absolute atomic E-state index is 0.221. The number of halogens is 1. The third-order valence-corrected chi connectivity index (χ3v) is 3.34. The molecule has 0 amide bonds. The van der Waals surface area contributed by atoms with Gasteiger partial charge in [0.25, 0.3) is 5.56 Å². The van der Waals surface area contributed by atoms with Gasteiger partial charge in [-0.15, -0.1) is 0 Å². The Kier molecular flexibility index (Phi) is 3.17. The summed E-state index contributed by atoms with van der Waals surface area (Å²) in [5.41, 5.74) is 0.568. The molecule has 108 valence electrons. The zero-order valence-corrected chi connectivity index (χ0v) is 11.3. The molecule has 0 saturated carbocycles. The van der Waals surface area contributed by atoms with Crippen LogP contribution < -0.4 is 11.2 Å². The number of aromatic amines is 1. The topological polar surface area (TPSA) is 72.7 Å². The summed E-state index contributed by atoms with van der Waals surface area (Å²) >= 11 is 0. The Labute approximate surface area is 118 Å². The van der Waals surface area contributed by atoms with Crippen molar-refractivity contribution in [2.45, 2.75) is 20.0 Å². The molecular weight excluding hydrogens is 275 g/mol. The highest BCUT2D eigenvalue weighted by atomic mass is 19.1. The molecule has 0 aliphatic heterocycles. The highest BCUT2D eigenvalue weighted by Crippen LogP contribution is 2.09. The summed E-state index contributed by atoms with van der Waals surface area (Å²) < 4.78 is 15.6. The Morgan fingerprint density at radius 3 is 2.62 bits per heavy atom. The fourth-order valence-electron chi connectivity index (χ4n) is 2.25. The van der Waals surface area contributed by atoms with Crippen molar-refractivity contribution < 1.29 is 4.39 Å². The first-order chi connectivity index (χ1) is 10.1. The molecule has 0 spiro atoms. The smallest absolute Gasteiger partial charge is 0.312 e. The maximum Gasteiger partial charge on any atom is 0.330 e. The number of nitrogens with one attached hydrogen (secondary N) is 1. The van der Waals surface area contributed by atoms with Gasteiger partial charge in [-0.2, -0.15) is 0 Å². The lowest BCUT2D eigenvalue weighted by atomic mass is 10.2. The van der Waals surface area contributed by atoms with Crippen LogP contribution in [0.15, 0.2) is 40.2 Å². The van der Waals surface area contributed by atoms with E-state index < -0.39 is 11.2 Å². The average Bonchev–Trinajstić information content (AvgIpc) is 2.85. The van der Waals surface area contributed by atoms with E-state index in [2.05, 4.69) is 9.97 Å². The molecule has 0 fully saturated rings. The number of fused-ring (bicyclic) bond motifs is 1. The molecule has 2 aromatic heterocycles. The first-order valence-corrected chi connectivity index (χ1v) is 6.52. The second-order valence-corrected chi connectivity index (χ2v) is 4.68. The van der Waals surface area contributed by atoms with Crippen LogP contribution in [-0.4, -0.2) is 19.1 Å². The van der Waals surface area contributed by atoms with E-state index in [0.29, 0.717) is 12.2 Å². The molecule has 0 bridgehead atoms. The molecule has 2 heterocycles. The fourth-order valence-corrected chi connectivity index (χ4v) is 2.25. The Morgan fingerprint density at radius 2 is 1.95 bits per heavy atom. The SMILES string of the molecule is CCn1c(=O)[nH]c2c(ncn2Cc2ccc(F)cc2)c1=O. The Hall–Kier alpha value is -2.70. The van der Waals surface area contributed by atoms with E-state index >= 15 is 0 Å². The molecule has 0 radical (unpaired) electrons. The zero-order chi connectivity index (χ0) is 15.0. The fraction of sp³-hybridized carbons (Fsp3) is 0.214. The highest BCUT2D eigenvalue weighted by molar-refractivity contribution is 5.69. The maximum absolute atomic E-state index is 12.9. The van der Waals surface area contributed by atoms with Gasteiger partial charge in [-0.1, -0.05) is 12.1 Å². The number of benzene rings is 1. The minimum Gasteiger partial charge on any atom is -0.312 e. The first kappa shape index (κ1) is 13.3. The number of hydrogen-bond donors (Lipinski definition) is 1. The number of imidazole rings is 1. The van der Waals surface area contributed by atoms with Crippen LogP contribution in [0, 0.1) is 5.82 Å². The van der Waals surface area contributed by atoms with Crippen LogP contribution in [-0.2, 0) is 13.1 Å². The van der Waals surface area contributed by atoms with Crippen LogP contribution in [0.3, 0.4) is 0 Å². The van der Waals surface area contributed by atoms with Crippen molar-refractivity contribution in [2.24, 2.45) is 0 Å². The first-order valence-electron chi connectivity index (χ1n) is 6.52. The molecular formula is C14H13FN4O2. The van der Waals surface area contributed by atoms with Gasteiger partial charge in [0, 0.05) is 6.54 Å². The van der Waals surface area contributed by atoms with Crippen molar-refractivity contribution in [1.29, 1.82) is 0 Å². The van der Waals surface area contributed by atoms with E-state index in [0.717, 1.165) is 10.1 Å². The summed E-state index contributed by atoms with van der Waals surface area (Å²) in [5, 5.41) is 0. The van der Waals surface area contributed by atoms with Crippen LogP contribution in [0.1, 0.15) is 12.5 Å². The van der Waals surface area contributed by atoms with Gasteiger partial charge in [-0.05, 0) is 24.6 Å². The molecule has 1 N–H and O–H groups in total. The summed E-state index contributed by atoms with van der Waals surface area (Å²) in [6.45, 7) is 2.40. The van der Waals surface area contributed by atoms with E-state index in [1.807, 2.05) is 0 Å². The Balaban J connectivity index is 2.10. The van der Waals surface area contributed by atoms with Crippen LogP contribution >= 0.6 is 0 Å². The normalized spacial score (nSPS) is 11.1. The van der Waals surface area contributed by atoms with Crippen LogP contribution in [0.25, 0.3) is 11.2 Å². The molecule has 21 heavy (non-hydrogen) atoms. The monoisotopic (exact) mass is 288 g/mol. The van der Waals surface area contributed by atoms with Gasteiger partial charge in [0.2, 0.25) is 0 Å². The minimum atomic E-state index is -0.462. The van der Waals surface area contributed by atoms with Gasteiger partial charge < -0.3 is 4.57 Å². The molecule has 3 rings (SSSR count). The lowest BCUT2D eigenvalue weighted by Gasteiger charge is -2.05. The van der Waals surface area contributed by atoms with Crippen LogP contribution in [0.2, 0.25) is 0 Å². The summed E-state index contributed by atoms with van der Waals surface area (Å²) in [7, 11) is 0. The molecule has 0 atom stereocenters. The molecule has 0 aliphatic rings. The number of rotatable bonds is 3. The molecule has 0 unspecified atom stereocenters. The van der Waals surface area contributed by atoms with Gasteiger partial charge >= 0.3 is 5.69 Å². The van der Waals surface area contributed by atoms with Gasteiger partial charge in [-0.3, -0.25) is 14.3 Å². The van der Waals surface area contributed by atoms with Crippen molar-refractivity contribution in [3.05, 3.63) is 62.8 Å². The summed E-state index contributed by atoms with van der Waals surface area (Å²) in [4.78, 5) is 30.7. The number of H-pyrrole nitrogens is 1. The molecule has 7 heteroatoms. The van der Waals surface area contributed by atoms with Crippen molar-refractivity contribution in [2.75, 3.05) is 0 Å². The maximum atomic E-state index is 12.9.